The van der Waals surface area contributed by atoms with Crippen molar-refractivity contribution in [2.24, 2.45) is 0 Å². The van der Waals surface area contributed by atoms with E-state index in [1.807, 2.05) is 0 Å². The monoisotopic (exact) mass is 272 g/mol. The molecule has 1 aromatic rings. The number of hydrogen-bond donors (Lipinski definition) is 1. The van der Waals surface area contributed by atoms with Gasteiger partial charge in [0.15, 0.2) is 0 Å². The van der Waals surface area contributed by atoms with Crippen LogP contribution >= 0.6 is 0 Å². The van der Waals surface area contributed by atoms with Crippen LogP contribution in [0.2, 0.25) is 0 Å². The molecule has 0 radical (unpaired) electrons. The van der Waals surface area contributed by atoms with Crippen molar-refractivity contribution in [1.29, 1.82) is 0 Å². The summed E-state index contributed by atoms with van der Waals surface area (Å²) in [5, 5.41) is 10.7. The van der Waals surface area contributed by atoms with E-state index in [0.29, 0.717) is 0 Å². The van der Waals surface area contributed by atoms with Crippen LogP contribution in [-0.4, -0.2) is 25.7 Å². The molecule has 1 N–H and O–H groups in total. The lowest BCUT2D eigenvalue weighted by Crippen LogP contribution is -2.29. The first-order valence-electron chi connectivity index (χ1n) is 5.01. The molecular weight excluding hydrogens is 260 g/mol. The number of nitro benzene ring substituents is 1. The van der Waals surface area contributed by atoms with Crippen LogP contribution in [0.15, 0.2) is 24.3 Å². The van der Waals surface area contributed by atoms with Gasteiger partial charge in [-0.15, -0.1) is 0 Å². The van der Waals surface area contributed by atoms with Gasteiger partial charge < -0.3 is 0 Å². The Morgan fingerprint density at radius 1 is 1.39 bits per heavy atom. The van der Waals surface area contributed by atoms with Crippen molar-refractivity contribution in [2.45, 2.75) is 12.7 Å². The van der Waals surface area contributed by atoms with Crippen LogP contribution in [-0.2, 0) is 20.6 Å². The van der Waals surface area contributed by atoms with E-state index in [9.17, 15) is 23.3 Å². The number of nitrogens with one attached hydrogen (secondary N) is 1. The zero-order chi connectivity index (χ0) is 13.8. The average molecular weight is 272 g/mol. The number of nitro groups is 1. The van der Waals surface area contributed by atoms with Gasteiger partial charge in [0.1, 0.15) is 5.78 Å². The van der Waals surface area contributed by atoms with E-state index in [4.69, 9.17) is 0 Å². The third-order valence-corrected chi connectivity index (χ3v) is 3.35. The van der Waals surface area contributed by atoms with Crippen LogP contribution in [0.1, 0.15) is 12.5 Å². The molecule has 0 aliphatic heterocycles. The van der Waals surface area contributed by atoms with Crippen molar-refractivity contribution in [3.63, 3.8) is 0 Å². The summed E-state index contributed by atoms with van der Waals surface area (Å²) in [4.78, 5) is 20.7. The SMILES string of the molecule is CC(=O)CNS(=O)(=O)Cc1ccccc1[N+](=O)[O-]. The molecular formula is C10H12N2O5S. The van der Waals surface area contributed by atoms with Gasteiger partial charge in [-0.3, -0.25) is 14.9 Å². The van der Waals surface area contributed by atoms with Crippen LogP contribution < -0.4 is 4.72 Å². The molecule has 98 valence electrons. The smallest absolute Gasteiger partial charge is 0.273 e. The first-order valence-corrected chi connectivity index (χ1v) is 6.66. The number of hydrogen-bond acceptors (Lipinski definition) is 5. The van der Waals surface area contributed by atoms with Crippen molar-refractivity contribution in [3.8, 4) is 0 Å². The van der Waals surface area contributed by atoms with E-state index in [-0.39, 0.29) is 23.6 Å². The largest absolute Gasteiger partial charge is 0.299 e. The first-order chi connectivity index (χ1) is 8.32. The zero-order valence-corrected chi connectivity index (χ0v) is 10.4. The number of nitrogens with zero attached hydrogens (tertiary/aromatic N) is 1. The summed E-state index contributed by atoms with van der Waals surface area (Å²) in [6.07, 6.45) is 0. The van der Waals surface area contributed by atoms with Gasteiger partial charge in [-0.2, -0.15) is 0 Å². The van der Waals surface area contributed by atoms with Gasteiger partial charge in [0.05, 0.1) is 17.2 Å². The Bertz CT molecular complexity index is 567. The van der Waals surface area contributed by atoms with E-state index < -0.39 is 20.7 Å². The molecule has 0 aliphatic rings. The molecule has 1 aromatic carbocycles. The van der Waals surface area contributed by atoms with Gasteiger partial charge in [0.25, 0.3) is 5.69 Å². The Morgan fingerprint density at radius 2 is 2.00 bits per heavy atom. The molecule has 0 aliphatic carbocycles. The Hall–Kier alpha value is -1.80. The van der Waals surface area contributed by atoms with E-state index in [1.165, 1.54) is 31.2 Å². The lowest BCUT2D eigenvalue weighted by Gasteiger charge is -2.05. The highest BCUT2D eigenvalue weighted by Crippen LogP contribution is 2.19. The van der Waals surface area contributed by atoms with Crippen molar-refractivity contribution in [1.82, 2.24) is 4.72 Å². The minimum absolute atomic E-state index is 0.0820. The minimum atomic E-state index is -3.76. The molecule has 1 rings (SSSR count). The fourth-order valence-corrected chi connectivity index (χ4v) is 2.46. The standard InChI is InChI=1S/C10H12N2O5S/c1-8(13)6-11-18(16,17)7-9-4-2-3-5-10(9)12(14)15/h2-5,11H,6-7H2,1H3. The molecule has 0 saturated heterocycles. The van der Waals surface area contributed by atoms with Crippen molar-refractivity contribution in [3.05, 3.63) is 39.9 Å². The predicted molar refractivity (Wildman–Crippen MR) is 64.4 cm³/mol. The predicted octanol–water partition coefficient (Wildman–Crippen LogP) is 0.603. The molecule has 0 saturated carbocycles. The second kappa shape index (κ2) is 5.69. The Kier molecular flexibility index (Phi) is 4.51. The Labute approximate surface area is 104 Å². The number of sulfonamides is 1. The maximum absolute atomic E-state index is 11.6. The third-order valence-electron chi connectivity index (χ3n) is 2.07. The number of carbonyl (C=O) groups excluding carboxylic acids is 1. The number of Topliss-reactive ketones (excluding diaryl/α,β-unsaturated/α-hetero) is 1. The molecule has 0 amide bonds. The van der Waals surface area contributed by atoms with Gasteiger partial charge in [-0.05, 0) is 6.92 Å². The van der Waals surface area contributed by atoms with E-state index in [0.717, 1.165) is 0 Å². The first kappa shape index (κ1) is 14.3. The molecule has 0 unspecified atom stereocenters. The lowest BCUT2D eigenvalue weighted by molar-refractivity contribution is -0.385. The quantitative estimate of drug-likeness (QED) is 0.603. The molecule has 0 bridgehead atoms. The summed E-state index contributed by atoms with van der Waals surface area (Å²) in [6, 6.07) is 5.57. The number of benzene rings is 1. The number of carbonyl (C=O) groups is 1. The van der Waals surface area contributed by atoms with Crippen LogP contribution in [0.5, 0.6) is 0 Å². The highest BCUT2D eigenvalue weighted by Gasteiger charge is 2.19. The van der Waals surface area contributed by atoms with Crippen molar-refractivity contribution in [2.75, 3.05) is 6.54 Å². The zero-order valence-electron chi connectivity index (χ0n) is 9.62. The fourth-order valence-electron chi connectivity index (χ4n) is 1.28. The molecule has 0 atom stereocenters. The van der Waals surface area contributed by atoms with Crippen LogP contribution in [0.4, 0.5) is 5.69 Å². The molecule has 18 heavy (non-hydrogen) atoms. The van der Waals surface area contributed by atoms with Crippen LogP contribution in [0.3, 0.4) is 0 Å². The number of rotatable bonds is 6. The summed E-state index contributed by atoms with van der Waals surface area (Å²) in [7, 11) is -3.76. The number of para-hydroxylation sites is 1. The van der Waals surface area contributed by atoms with E-state index >= 15 is 0 Å². The number of ketones is 1. The van der Waals surface area contributed by atoms with E-state index in [1.54, 1.807) is 0 Å². The lowest BCUT2D eigenvalue weighted by atomic mass is 10.2. The highest BCUT2D eigenvalue weighted by molar-refractivity contribution is 7.88. The molecule has 0 fully saturated rings. The van der Waals surface area contributed by atoms with Crippen LogP contribution in [0.25, 0.3) is 0 Å². The average Bonchev–Trinajstić information content (AvgIpc) is 2.26. The second-order valence-corrected chi connectivity index (χ2v) is 5.47. The summed E-state index contributed by atoms with van der Waals surface area (Å²) in [6.45, 7) is 0.927. The Balaban J connectivity index is 2.90. The van der Waals surface area contributed by atoms with Crippen molar-refractivity contribution >= 4 is 21.5 Å². The topological polar surface area (TPSA) is 106 Å². The maximum Gasteiger partial charge on any atom is 0.273 e. The normalized spacial score (nSPS) is 11.2. The van der Waals surface area contributed by atoms with Crippen molar-refractivity contribution < 1.29 is 18.1 Å². The Morgan fingerprint density at radius 3 is 2.56 bits per heavy atom. The fraction of sp³-hybridized carbons (Fsp3) is 0.300. The van der Waals surface area contributed by atoms with E-state index in [2.05, 4.69) is 4.72 Å². The van der Waals surface area contributed by atoms with Gasteiger partial charge in [0.2, 0.25) is 10.0 Å². The minimum Gasteiger partial charge on any atom is -0.299 e. The highest BCUT2D eigenvalue weighted by atomic mass is 32.2. The third kappa shape index (κ3) is 4.22. The van der Waals surface area contributed by atoms with Gasteiger partial charge in [-0.1, -0.05) is 18.2 Å². The summed E-state index contributed by atoms with van der Waals surface area (Å²) in [5.41, 5.74) is -0.177. The maximum atomic E-state index is 11.6. The summed E-state index contributed by atoms with van der Waals surface area (Å²) < 4.78 is 25.3. The molecule has 0 spiro atoms. The molecule has 8 heteroatoms. The van der Waals surface area contributed by atoms with Gasteiger partial charge in [-0.25, -0.2) is 13.1 Å². The van der Waals surface area contributed by atoms with Gasteiger partial charge >= 0.3 is 0 Å². The molecule has 0 heterocycles. The van der Waals surface area contributed by atoms with Crippen LogP contribution in [0, 0.1) is 10.1 Å². The summed E-state index contributed by atoms with van der Waals surface area (Å²) >= 11 is 0. The van der Waals surface area contributed by atoms with Gasteiger partial charge in [0, 0.05) is 11.6 Å². The second-order valence-electron chi connectivity index (χ2n) is 3.67. The molecule has 0 aromatic heterocycles. The molecule has 7 nitrogen and oxygen atoms in total. The summed E-state index contributed by atoms with van der Waals surface area (Å²) in [5.74, 6) is -0.863.